The maximum atomic E-state index is 10.8. The lowest BCUT2D eigenvalue weighted by molar-refractivity contribution is -0.147. The number of aliphatic hydroxyl groups excluding tert-OH is 3. The maximum Gasteiger partial charge on any atom is 0.492 e. The SMILES string of the molecule is C[Si](O)(O)OCC(O)C1OC(=O)C(O)=C1O. The van der Waals surface area contributed by atoms with Crippen LogP contribution in [0.5, 0.6) is 0 Å². The van der Waals surface area contributed by atoms with Gasteiger partial charge in [-0.1, -0.05) is 0 Å². The maximum absolute atomic E-state index is 10.8. The fourth-order valence-electron chi connectivity index (χ4n) is 1.06. The largest absolute Gasteiger partial charge is 0.505 e. The standard InChI is InChI=1S/C7H12O8Si/c1-16(12,13)14-2-3(8)6-4(9)5(10)7(11)15-6/h3,6,8-10,12-13H,2H2,1H3. The number of ether oxygens (including phenoxy) is 1. The van der Waals surface area contributed by atoms with E-state index in [1.54, 1.807) is 0 Å². The number of hydrogen-bond donors (Lipinski definition) is 5. The van der Waals surface area contributed by atoms with E-state index in [2.05, 4.69) is 9.16 Å². The Morgan fingerprint density at radius 3 is 2.44 bits per heavy atom. The van der Waals surface area contributed by atoms with Crippen molar-refractivity contribution in [1.82, 2.24) is 0 Å². The van der Waals surface area contributed by atoms with Crippen LogP contribution in [0.3, 0.4) is 0 Å². The molecule has 0 fully saturated rings. The van der Waals surface area contributed by atoms with Crippen LogP contribution in [-0.4, -0.2) is 58.5 Å². The van der Waals surface area contributed by atoms with Crippen molar-refractivity contribution in [3.63, 3.8) is 0 Å². The Balaban J connectivity index is 2.57. The second-order valence-electron chi connectivity index (χ2n) is 3.37. The number of esters is 1. The molecule has 5 N–H and O–H groups in total. The Kier molecular flexibility index (Phi) is 3.55. The fourth-order valence-corrected chi connectivity index (χ4v) is 1.54. The number of rotatable bonds is 4. The van der Waals surface area contributed by atoms with Crippen molar-refractivity contribution in [1.29, 1.82) is 0 Å². The van der Waals surface area contributed by atoms with E-state index in [1.807, 2.05) is 0 Å². The molecule has 9 heteroatoms. The molecule has 0 bridgehead atoms. The van der Waals surface area contributed by atoms with Gasteiger partial charge in [-0.3, -0.25) is 0 Å². The average molecular weight is 252 g/mol. The monoisotopic (exact) mass is 252 g/mol. The van der Waals surface area contributed by atoms with Crippen LogP contribution in [0.15, 0.2) is 11.5 Å². The first kappa shape index (κ1) is 12.9. The van der Waals surface area contributed by atoms with Crippen molar-refractivity contribution >= 4 is 14.8 Å². The molecule has 8 nitrogen and oxygen atoms in total. The van der Waals surface area contributed by atoms with Gasteiger partial charge in [-0.05, 0) is 0 Å². The lowest BCUT2D eigenvalue weighted by Gasteiger charge is -2.20. The summed E-state index contributed by atoms with van der Waals surface area (Å²) in [6, 6.07) is 0. The van der Waals surface area contributed by atoms with Gasteiger partial charge in [0.2, 0.25) is 5.76 Å². The molecular weight excluding hydrogens is 240 g/mol. The van der Waals surface area contributed by atoms with Crippen LogP contribution in [0.2, 0.25) is 6.55 Å². The third-order valence-electron chi connectivity index (χ3n) is 1.82. The highest BCUT2D eigenvalue weighted by molar-refractivity contribution is 6.56. The summed E-state index contributed by atoms with van der Waals surface area (Å²) in [6.45, 7) is 0.499. The van der Waals surface area contributed by atoms with Crippen molar-refractivity contribution in [2.75, 3.05) is 6.61 Å². The van der Waals surface area contributed by atoms with Crippen LogP contribution in [0.4, 0.5) is 0 Å². The Morgan fingerprint density at radius 1 is 1.50 bits per heavy atom. The highest BCUT2D eigenvalue weighted by Gasteiger charge is 2.40. The van der Waals surface area contributed by atoms with Gasteiger partial charge in [0.25, 0.3) is 0 Å². The Bertz CT molecular complexity index is 319. The zero-order chi connectivity index (χ0) is 12.5. The summed E-state index contributed by atoms with van der Waals surface area (Å²) in [6.07, 6.45) is -2.96. The van der Waals surface area contributed by atoms with Gasteiger partial charge in [-0.15, -0.1) is 0 Å². The second-order valence-corrected chi connectivity index (χ2v) is 5.53. The average Bonchev–Trinajstić information content (AvgIpc) is 2.41. The minimum Gasteiger partial charge on any atom is -0.505 e. The van der Waals surface area contributed by atoms with Crippen LogP contribution in [0.1, 0.15) is 0 Å². The molecule has 2 unspecified atom stereocenters. The van der Waals surface area contributed by atoms with Crippen molar-refractivity contribution in [2.24, 2.45) is 0 Å². The van der Waals surface area contributed by atoms with E-state index in [4.69, 9.17) is 14.7 Å². The van der Waals surface area contributed by atoms with Crippen LogP contribution >= 0.6 is 0 Å². The molecular formula is C7H12O8Si. The summed E-state index contributed by atoms with van der Waals surface area (Å²) >= 11 is 0. The van der Waals surface area contributed by atoms with E-state index in [0.717, 1.165) is 6.55 Å². The summed E-state index contributed by atoms with van der Waals surface area (Å²) in [7, 11) is -3.79. The highest BCUT2D eigenvalue weighted by Crippen LogP contribution is 2.21. The van der Waals surface area contributed by atoms with Gasteiger partial charge in [0, 0.05) is 6.55 Å². The smallest absolute Gasteiger partial charge is 0.492 e. The van der Waals surface area contributed by atoms with Crippen molar-refractivity contribution in [2.45, 2.75) is 18.8 Å². The quantitative estimate of drug-likeness (QED) is 0.291. The number of hydrogen-bond acceptors (Lipinski definition) is 8. The molecule has 0 aliphatic carbocycles. The molecule has 2 atom stereocenters. The molecule has 0 spiro atoms. The molecule has 1 rings (SSSR count). The first-order chi connectivity index (χ1) is 7.22. The molecule has 0 saturated heterocycles. The van der Waals surface area contributed by atoms with Gasteiger partial charge in [0.1, 0.15) is 6.10 Å². The van der Waals surface area contributed by atoms with Crippen LogP contribution < -0.4 is 0 Å². The minimum absolute atomic E-state index is 0.551. The van der Waals surface area contributed by atoms with Gasteiger partial charge in [-0.25, -0.2) is 4.79 Å². The Morgan fingerprint density at radius 2 is 2.06 bits per heavy atom. The zero-order valence-corrected chi connectivity index (χ0v) is 9.32. The second kappa shape index (κ2) is 4.39. The number of aliphatic hydroxyl groups is 3. The van der Waals surface area contributed by atoms with Gasteiger partial charge < -0.3 is 34.1 Å². The first-order valence-electron chi connectivity index (χ1n) is 4.32. The zero-order valence-electron chi connectivity index (χ0n) is 8.32. The molecule has 1 aliphatic rings. The molecule has 0 aromatic rings. The summed E-state index contributed by atoms with van der Waals surface area (Å²) in [4.78, 5) is 28.6. The van der Waals surface area contributed by atoms with Crippen LogP contribution in [-0.2, 0) is 14.0 Å². The Hall–Kier alpha value is -1.13. The first-order valence-corrected chi connectivity index (χ1v) is 6.62. The van der Waals surface area contributed by atoms with Gasteiger partial charge in [0.05, 0.1) is 6.61 Å². The Labute approximate surface area is 91.3 Å². The normalized spacial score (nSPS) is 23.5. The summed E-state index contributed by atoms with van der Waals surface area (Å²) < 4.78 is 8.94. The predicted molar refractivity (Wildman–Crippen MR) is 50.2 cm³/mol. The summed E-state index contributed by atoms with van der Waals surface area (Å²) in [5.74, 6) is -2.94. The molecule has 0 aromatic carbocycles. The molecule has 0 radical (unpaired) electrons. The molecule has 0 aromatic heterocycles. The molecule has 16 heavy (non-hydrogen) atoms. The minimum atomic E-state index is -3.79. The van der Waals surface area contributed by atoms with Gasteiger partial charge >= 0.3 is 14.8 Å². The van der Waals surface area contributed by atoms with Gasteiger partial charge in [-0.2, -0.15) is 0 Å². The van der Waals surface area contributed by atoms with Crippen LogP contribution in [0.25, 0.3) is 0 Å². The van der Waals surface area contributed by atoms with E-state index in [1.165, 1.54) is 0 Å². The topological polar surface area (TPSA) is 137 Å². The molecule has 0 amide bonds. The third kappa shape index (κ3) is 2.93. The lowest BCUT2D eigenvalue weighted by Crippen LogP contribution is -2.41. The predicted octanol–water partition coefficient (Wildman–Crippen LogP) is -1.83. The lowest BCUT2D eigenvalue weighted by atomic mass is 10.2. The molecule has 1 aliphatic heterocycles. The van der Waals surface area contributed by atoms with E-state index >= 15 is 0 Å². The summed E-state index contributed by atoms with van der Waals surface area (Å²) in [5.41, 5.74) is 0. The van der Waals surface area contributed by atoms with Crippen LogP contribution in [0, 0.1) is 0 Å². The van der Waals surface area contributed by atoms with Crippen molar-refractivity contribution in [3.05, 3.63) is 11.5 Å². The number of carbonyl (C=O) groups is 1. The van der Waals surface area contributed by atoms with Crippen molar-refractivity contribution in [3.8, 4) is 0 Å². The van der Waals surface area contributed by atoms with Crippen molar-refractivity contribution < 1.29 is 38.9 Å². The molecule has 0 saturated carbocycles. The van der Waals surface area contributed by atoms with Gasteiger partial charge in [0.15, 0.2) is 11.9 Å². The fraction of sp³-hybridized carbons (Fsp3) is 0.571. The number of carbonyl (C=O) groups excluding carboxylic acids is 1. The molecule has 1 heterocycles. The third-order valence-corrected chi connectivity index (χ3v) is 2.53. The van der Waals surface area contributed by atoms with E-state index in [-0.39, 0.29) is 0 Å². The van der Waals surface area contributed by atoms with E-state index in [9.17, 15) is 15.0 Å². The van der Waals surface area contributed by atoms with E-state index in [0.29, 0.717) is 0 Å². The highest BCUT2D eigenvalue weighted by atomic mass is 28.4. The summed E-state index contributed by atoms with van der Waals surface area (Å²) in [5, 5.41) is 27.5. The molecule has 92 valence electrons. The number of cyclic esters (lactones) is 1. The van der Waals surface area contributed by atoms with E-state index < -0.39 is 45.1 Å².